The van der Waals surface area contributed by atoms with Crippen molar-refractivity contribution in [3.05, 3.63) is 0 Å². The first-order valence-corrected chi connectivity index (χ1v) is 8.52. The molecule has 0 aromatic heterocycles. The first kappa shape index (κ1) is 15.3. The Kier molecular flexibility index (Phi) is 5.65. The SMILES string of the molecule is CC(C(O)OCCS(C)(C)C)C(C)(C)C. The highest BCUT2D eigenvalue weighted by Crippen LogP contribution is 2.34. The van der Waals surface area contributed by atoms with Gasteiger partial charge in [-0.1, -0.05) is 27.7 Å². The quantitative estimate of drug-likeness (QED) is 0.744. The first-order chi connectivity index (χ1) is 6.54. The standard InChI is InChI=1S/C12H28O2S/c1-10(12(2,3)4)11(13)14-8-9-15(5,6)7/h10-11,13H,8-9H2,1-7H3. The molecule has 2 nitrogen and oxygen atoms in total. The van der Waals surface area contributed by atoms with E-state index >= 15 is 0 Å². The number of rotatable bonds is 5. The average molecular weight is 236 g/mol. The Labute approximate surface area is 96.7 Å². The van der Waals surface area contributed by atoms with Crippen molar-refractivity contribution < 1.29 is 9.84 Å². The number of ether oxygens (including phenoxy) is 1. The maximum Gasteiger partial charge on any atom is 0.157 e. The fourth-order valence-corrected chi connectivity index (χ4v) is 1.59. The van der Waals surface area contributed by atoms with E-state index in [4.69, 9.17) is 4.74 Å². The van der Waals surface area contributed by atoms with Crippen molar-refractivity contribution in [1.29, 1.82) is 0 Å². The second kappa shape index (κ2) is 5.55. The van der Waals surface area contributed by atoms with Crippen LogP contribution in [0.4, 0.5) is 0 Å². The molecule has 0 radical (unpaired) electrons. The molecule has 0 aliphatic rings. The Bertz CT molecular complexity index is 179. The molecule has 0 aromatic rings. The molecule has 0 aliphatic heterocycles. The monoisotopic (exact) mass is 236 g/mol. The van der Waals surface area contributed by atoms with Gasteiger partial charge >= 0.3 is 0 Å². The highest BCUT2D eigenvalue weighted by atomic mass is 32.3. The molecule has 2 atom stereocenters. The zero-order valence-electron chi connectivity index (χ0n) is 11.3. The molecule has 0 aromatic carbocycles. The molecule has 0 saturated heterocycles. The molecule has 0 rings (SSSR count). The second-order valence-electron chi connectivity index (χ2n) is 6.21. The van der Waals surface area contributed by atoms with E-state index in [9.17, 15) is 5.11 Å². The van der Waals surface area contributed by atoms with Gasteiger partial charge in [-0.05, 0) is 24.2 Å². The van der Waals surface area contributed by atoms with Crippen molar-refractivity contribution in [3.8, 4) is 0 Å². The molecule has 0 heterocycles. The summed E-state index contributed by atoms with van der Waals surface area (Å²) in [7, 11) is -0.517. The molecule has 0 aliphatic carbocycles. The molecule has 0 spiro atoms. The highest BCUT2D eigenvalue weighted by Gasteiger charge is 2.27. The van der Waals surface area contributed by atoms with Crippen molar-refractivity contribution in [3.63, 3.8) is 0 Å². The summed E-state index contributed by atoms with van der Waals surface area (Å²) in [4.78, 5) is 0. The van der Waals surface area contributed by atoms with E-state index in [1.165, 1.54) is 0 Å². The second-order valence-corrected chi connectivity index (χ2v) is 10.8. The largest absolute Gasteiger partial charge is 0.368 e. The van der Waals surface area contributed by atoms with E-state index < -0.39 is 16.3 Å². The Morgan fingerprint density at radius 2 is 1.67 bits per heavy atom. The van der Waals surface area contributed by atoms with Gasteiger partial charge in [0.25, 0.3) is 0 Å². The summed E-state index contributed by atoms with van der Waals surface area (Å²) < 4.78 is 5.48. The summed E-state index contributed by atoms with van der Waals surface area (Å²) in [5, 5.41) is 9.84. The number of aliphatic hydroxyl groups is 1. The average Bonchev–Trinajstić information content (AvgIpc) is 1.98. The van der Waals surface area contributed by atoms with Gasteiger partial charge < -0.3 is 9.84 Å². The fourth-order valence-electron chi connectivity index (χ4n) is 0.991. The van der Waals surface area contributed by atoms with Gasteiger partial charge in [0.15, 0.2) is 6.29 Å². The summed E-state index contributed by atoms with van der Waals surface area (Å²) in [6.07, 6.45) is 6.15. The van der Waals surface area contributed by atoms with Crippen molar-refractivity contribution >= 4 is 10.0 Å². The van der Waals surface area contributed by atoms with Crippen LogP contribution in [0.3, 0.4) is 0 Å². The van der Waals surface area contributed by atoms with Crippen LogP contribution < -0.4 is 0 Å². The van der Waals surface area contributed by atoms with E-state index in [2.05, 4.69) is 39.5 Å². The summed E-state index contributed by atoms with van der Waals surface area (Å²) in [6.45, 7) is 9.08. The van der Waals surface area contributed by atoms with Gasteiger partial charge in [0.1, 0.15) is 0 Å². The summed E-state index contributed by atoms with van der Waals surface area (Å²) in [5.41, 5.74) is 0.0913. The third-order valence-electron chi connectivity index (χ3n) is 2.78. The molecule has 0 fully saturated rings. The normalized spacial score (nSPS) is 18.7. The zero-order chi connectivity index (χ0) is 12.3. The molecular formula is C12H28O2S. The van der Waals surface area contributed by atoms with E-state index in [1.54, 1.807) is 0 Å². The van der Waals surface area contributed by atoms with Crippen molar-refractivity contribution in [2.75, 3.05) is 31.1 Å². The predicted octanol–water partition coefficient (Wildman–Crippen LogP) is 2.70. The van der Waals surface area contributed by atoms with Gasteiger partial charge in [0.05, 0.1) is 6.61 Å². The molecule has 0 saturated carbocycles. The molecular weight excluding hydrogens is 208 g/mol. The van der Waals surface area contributed by atoms with Crippen LogP contribution in [0.15, 0.2) is 0 Å². The van der Waals surface area contributed by atoms with Crippen LogP contribution in [0.2, 0.25) is 0 Å². The summed E-state index contributed by atoms with van der Waals surface area (Å²) in [6, 6.07) is 0. The van der Waals surface area contributed by atoms with E-state index in [0.717, 1.165) is 5.75 Å². The lowest BCUT2D eigenvalue weighted by molar-refractivity contribution is -0.147. The van der Waals surface area contributed by atoms with Crippen molar-refractivity contribution in [2.45, 2.75) is 34.0 Å². The van der Waals surface area contributed by atoms with Gasteiger partial charge in [0.2, 0.25) is 0 Å². The lowest BCUT2D eigenvalue weighted by Gasteiger charge is -2.32. The minimum absolute atomic E-state index is 0.0913. The molecule has 15 heavy (non-hydrogen) atoms. The lowest BCUT2D eigenvalue weighted by Crippen LogP contribution is -2.32. The zero-order valence-corrected chi connectivity index (χ0v) is 12.1. The van der Waals surface area contributed by atoms with Crippen molar-refractivity contribution in [1.82, 2.24) is 0 Å². The van der Waals surface area contributed by atoms with Crippen LogP contribution in [0.5, 0.6) is 0 Å². The molecule has 0 amide bonds. The van der Waals surface area contributed by atoms with E-state index in [0.29, 0.717) is 6.61 Å². The minimum atomic E-state index is -0.633. The summed E-state index contributed by atoms with van der Waals surface area (Å²) in [5.74, 6) is 1.22. The Morgan fingerprint density at radius 1 is 1.20 bits per heavy atom. The van der Waals surface area contributed by atoms with Crippen LogP contribution in [-0.2, 0) is 4.74 Å². The molecule has 3 heteroatoms. The minimum Gasteiger partial charge on any atom is -0.368 e. The lowest BCUT2D eigenvalue weighted by atomic mass is 9.82. The summed E-state index contributed by atoms with van der Waals surface area (Å²) >= 11 is 0. The number of hydrogen-bond acceptors (Lipinski definition) is 2. The van der Waals surface area contributed by atoms with Crippen LogP contribution in [0.1, 0.15) is 27.7 Å². The molecule has 2 unspecified atom stereocenters. The topological polar surface area (TPSA) is 29.5 Å². The number of aliphatic hydroxyl groups excluding tert-OH is 1. The highest BCUT2D eigenvalue weighted by molar-refractivity contribution is 8.32. The third-order valence-corrected chi connectivity index (χ3v) is 4.17. The predicted molar refractivity (Wildman–Crippen MR) is 70.8 cm³/mol. The van der Waals surface area contributed by atoms with Crippen molar-refractivity contribution in [2.24, 2.45) is 11.3 Å². The van der Waals surface area contributed by atoms with Crippen LogP contribution in [0.25, 0.3) is 0 Å². The van der Waals surface area contributed by atoms with E-state index in [-0.39, 0.29) is 11.3 Å². The molecule has 0 bridgehead atoms. The van der Waals surface area contributed by atoms with Crippen LogP contribution in [-0.4, -0.2) is 42.5 Å². The van der Waals surface area contributed by atoms with Gasteiger partial charge in [0, 0.05) is 11.7 Å². The van der Waals surface area contributed by atoms with Crippen LogP contribution in [0, 0.1) is 11.3 Å². The third kappa shape index (κ3) is 7.20. The Balaban J connectivity index is 3.90. The van der Waals surface area contributed by atoms with Gasteiger partial charge in [-0.2, -0.15) is 0 Å². The van der Waals surface area contributed by atoms with Crippen LogP contribution >= 0.6 is 10.0 Å². The van der Waals surface area contributed by atoms with Gasteiger partial charge in [-0.3, -0.25) is 0 Å². The van der Waals surface area contributed by atoms with E-state index in [1.807, 2.05) is 6.92 Å². The fraction of sp³-hybridized carbons (Fsp3) is 1.00. The maximum absolute atomic E-state index is 9.84. The maximum atomic E-state index is 9.84. The van der Waals surface area contributed by atoms with Gasteiger partial charge in [-0.15, -0.1) is 0 Å². The molecule has 94 valence electrons. The smallest absolute Gasteiger partial charge is 0.157 e. The Hall–Kier alpha value is 0.270. The Morgan fingerprint density at radius 3 is 2.00 bits per heavy atom. The molecule has 1 N–H and O–H groups in total. The first-order valence-electron chi connectivity index (χ1n) is 5.50. The number of hydrogen-bond donors (Lipinski definition) is 1. The van der Waals surface area contributed by atoms with Gasteiger partial charge in [-0.25, -0.2) is 10.0 Å².